The maximum absolute atomic E-state index is 12.8. The Morgan fingerprint density at radius 2 is 1.87 bits per heavy atom. The molecule has 0 fully saturated rings. The number of benzene rings is 1. The van der Waals surface area contributed by atoms with E-state index in [-0.39, 0.29) is 17.9 Å². The number of carbonyl (C=O) groups excluding carboxylic acids is 1. The first-order valence-corrected chi connectivity index (χ1v) is 9.87. The molecular weight excluding hydrogens is 405 g/mol. The molecule has 0 saturated heterocycles. The minimum atomic E-state index is -4.37. The van der Waals surface area contributed by atoms with E-state index in [2.05, 4.69) is 15.4 Å². The lowest BCUT2D eigenvalue weighted by Gasteiger charge is -2.15. The summed E-state index contributed by atoms with van der Waals surface area (Å²) in [6.45, 7) is 3.79. The molecule has 0 saturated carbocycles. The molecule has 1 amide bonds. The number of alkyl halides is 3. The second-order valence-corrected chi connectivity index (χ2v) is 7.59. The maximum Gasteiger partial charge on any atom is 0.416 e. The Bertz CT molecular complexity index is 1120. The number of nitrogens with one attached hydrogen (secondary N) is 1. The highest BCUT2D eigenvalue weighted by atomic mass is 19.4. The van der Waals surface area contributed by atoms with Crippen molar-refractivity contribution in [3.63, 3.8) is 0 Å². The minimum Gasteiger partial charge on any atom is -0.346 e. The third kappa shape index (κ3) is 4.23. The quantitative estimate of drug-likeness (QED) is 0.613. The lowest BCUT2D eigenvalue weighted by atomic mass is 9.96. The molecule has 0 bridgehead atoms. The highest BCUT2D eigenvalue weighted by Crippen LogP contribution is 2.35. The van der Waals surface area contributed by atoms with Gasteiger partial charge in [-0.3, -0.25) is 9.78 Å². The number of carbonyl (C=O) groups is 1. The van der Waals surface area contributed by atoms with Gasteiger partial charge in [0.2, 0.25) is 0 Å². The van der Waals surface area contributed by atoms with E-state index in [9.17, 15) is 18.0 Å². The number of rotatable bonds is 4. The minimum absolute atomic E-state index is 0.0578. The van der Waals surface area contributed by atoms with Crippen molar-refractivity contribution in [2.24, 2.45) is 0 Å². The van der Waals surface area contributed by atoms with Crippen LogP contribution in [0.25, 0.3) is 5.69 Å². The zero-order chi connectivity index (χ0) is 22.2. The number of aryl methyl sites for hydroxylation is 1. The second-order valence-electron chi connectivity index (χ2n) is 7.59. The van der Waals surface area contributed by atoms with Crippen LogP contribution < -0.4 is 5.32 Å². The molecule has 1 aromatic carbocycles. The lowest BCUT2D eigenvalue weighted by molar-refractivity contribution is -0.137. The van der Waals surface area contributed by atoms with Gasteiger partial charge in [0.15, 0.2) is 0 Å². The van der Waals surface area contributed by atoms with Gasteiger partial charge < -0.3 is 5.32 Å². The molecule has 0 radical (unpaired) electrons. The summed E-state index contributed by atoms with van der Waals surface area (Å²) < 4.78 is 40.2. The third-order valence-electron chi connectivity index (χ3n) is 5.48. The molecule has 2 atom stereocenters. The predicted octanol–water partition coefficient (Wildman–Crippen LogP) is 4.75. The van der Waals surface area contributed by atoms with E-state index in [4.69, 9.17) is 0 Å². The van der Waals surface area contributed by atoms with Crippen molar-refractivity contribution in [2.75, 3.05) is 0 Å². The molecule has 8 heteroatoms. The summed E-state index contributed by atoms with van der Waals surface area (Å²) in [5.41, 5.74) is 3.08. The first-order valence-electron chi connectivity index (χ1n) is 9.87. The number of amides is 1. The summed E-state index contributed by atoms with van der Waals surface area (Å²) in [6, 6.07) is 8.27. The molecule has 2 heterocycles. The molecule has 1 N–H and O–H groups in total. The Balaban J connectivity index is 1.51. The number of halogens is 3. The van der Waals surface area contributed by atoms with Crippen LogP contribution in [-0.4, -0.2) is 26.7 Å². The van der Waals surface area contributed by atoms with Crippen LogP contribution in [-0.2, 0) is 6.18 Å². The molecule has 0 aliphatic heterocycles. The molecule has 2 aromatic heterocycles. The van der Waals surface area contributed by atoms with Crippen LogP contribution in [0.15, 0.2) is 60.9 Å². The van der Waals surface area contributed by atoms with Crippen LogP contribution in [0.5, 0.6) is 0 Å². The number of allylic oxidation sites excluding steroid dienone is 1. The molecule has 1 aliphatic carbocycles. The summed E-state index contributed by atoms with van der Waals surface area (Å²) in [5, 5.41) is 7.55. The molecule has 3 aromatic rings. The van der Waals surface area contributed by atoms with E-state index in [0.29, 0.717) is 17.7 Å². The first kappa shape index (κ1) is 20.8. The molecular formula is C23H21F3N4O. The van der Waals surface area contributed by atoms with Crippen LogP contribution >= 0.6 is 0 Å². The zero-order valence-electron chi connectivity index (χ0n) is 17.0. The van der Waals surface area contributed by atoms with Gasteiger partial charge in [-0.2, -0.15) is 18.3 Å². The summed E-state index contributed by atoms with van der Waals surface area (Å²) in [4.78, 5) is 16.3. The smallest absolute Gasteiger partial charge is 0.346 e. The van der Waals surface area contributed by atoms with Crippen LogP contribution in [0.4, 0.5) is 13.2 Å². The largest absolute Gasteiger partial charge is 0.416 e. The SMILES string of the molecule is Cc1nn(-c2ccc(C(F)(F)F)cc2)c(C)c1C1C=CC(NC(=O)c2cccnc2)C1. The van der Waals surface area contributed by atoms with Crippen molar-refractivity contribution < 1.29 is 18.0 Å². The van der Waals surface area contributed by atoms with Gasteiger partial charge in [-0.25, -0.2) is 4.68 Å². The summed E-state index contributed by atoms with van der Waals surface area (Å²) in [5.74, 6) is -0.125. The Morgan fingerprint density at radius 3 is 2.52 bits per heavy atom. The molecule has 2 unspecified atom stereocenters. The first-order chi connectivity index (χ1) is 14.7. The van der Waals surface area contributed by atoms with Gasteiger partial charge in [-0.05, 0) is 56.7 Å². The van der Waals surface area contributed by atoms with E-state index in [1.807, 2.05) is 26.0 Å². The predicted molar refractivity (Wildman–Crippen MR) is 110 cm³/mol. The van der Waals surface area contributed by atoms with Gasteiger partial charge in [-0.15, -0.1) is 0 Å². The number of hydrogen-bond donors (Lipinski definition) is 1. The molecule has 5 nitrogen and oxygen atoms in total. The van der Waals surface area contributed by atoms with E-state index < -0.39 is 11.7 Å². The molecule has 31 heavy (non-hydrogen) atoms. The van der Waals surface area contributed by atoms with E-state index in [1.165, 1.54) is 18.3 Å². The Kier molecular flexibility index (Phi) is 5.39. The summed E-state index contributed by atoms with van der Waals surface area (Å²) in [7, 11) is 0. The van der Waals surface area contributed by atoms with Gasteiger partial charge in [-0.1, -0.05) is 12.2 Å². The number of hydrogen-bond acceptors (Lipinski definition) is 3. The number of pyridine rings is 1. The Labute approximate surface area is 177 Å². The molecule has 4 rings (SSSR count). The van der Waals surface area contributed by atoms with Gasteiger partial charge in [0.1, 0.15) is 0 Å². The Morgan fingerprint density at radius 1 is 1.13 bits per heavy atom. The van der Waals surface area contributed by atoms with Crippen LogP contribution in [0, 0.1) is 13.8 Å². The van der Waals surface area contributed by atoms with Gasteiger partial charge in [0.05, 0.1) is 22.5 Å². The van der Waals surface area contributed by atoms with Crippen molar-refractivity contribution >= 4 is 5.91 Å². The molecule has 1 aliphatic rings. The highest BCUT2D eigenvalue weighted by Gasteiger charge is 2.31. The van der Waals surface area contributed by atoms with Gasteiger partial charge >= 0.3 is 6.18 Å². The summed E-state index contributed by atoms with van der Waals surface area (Å²) >= 11 is 0. The van der Waals surface area contributed by atoms with Crippen LogP contribution in [0.2, 0.25) is 0 Å². The van der Waals surface area contributed by atoms with Crippen molar-refractivity contribution in [2.45, 2.75) is 38.4 Å². The standard InChI is InChI=1S/C23H21F3N4O/c1-14-21(15(2)30(29-14)20-9-6-18(7-10-20)23(24,25)26)16-5-8-19(12-16)28-22(31)17-4-3-11-27-13-17/h3-11,13,16,19H,12H2,1-2H3,(H,28,31). The van der Waals surface area contributed by atoms with Crippen molar-refractivity contribution in [1.82, 2.24) is 20.1 Å². The monoisotopic (exact) mass is 426 g/mol. The topological polar surface area (TPSA) is 59.8 Å². The highest BCUT2D eigenvalue weighted by molar-refractivity contribution is 5.94. The normalized spacial score (nSPS) is 18.4. The van der Waals surface area contributed by atoms with Gasteiger partial charge in [0, 0.05) is 35.6 Å². The average Bonchev–Trinajstić information content (AvgIpc) is 3.31. The van der Waals surface area contributed by atoms with Crippen LogP contribution in [0.1, 0.15) is 45.2 Å². The number of aromatic nitrogens is 3. The van der Waals surface area contributed by atoms with Crippen molar-refractivity contribution in [1.29, 1.82) is 0 Å². The summed E-state index contributed by atoms with van der Waals surface area (Å²) in [6.07, 6.45) is 3.46. The zero-order valence-corrected chi connectivity index (χ0v) is 17.0. The molecule has 160 valence electrons. The van der Waals surface area contributed by atoms with Gasteiger partial charge in [0.25, 0.3) is 5.91 Å². The lowest BCUT2D eigenvalue weighted by Crippen LogP contribution is -2.32. The second kappa shape index (κ2) is 8.02. The molecule has 0 spiro atoms. The van der Waals surface area contributed by atoms with Crippen molar-refractivity contribution in [3.8, 4) is 5.69 Å². The fourth-order valence-corrected chi connectivity index (χ4v) is 4.00. The average molecular weight is 426 g/mol. The fourth-order valence-electron chi connectivity index (χ4n) is 4.00. The van der Waals surface area contributed by atoms with E-state index in [1.54, 1.807) is 23.0 Å². The number of nitrogens with zero attached hydrogens (tertiary/aromatic N) is 3. The fraction of sp³-hybridized carbons (Fsp3) is 0.261. The maximum atomic E-state index is 12.8. The van der Waals surface area contributed by atoms with E-state index in [0.717, 1.165) is 29.1 Å². The van der Waals surface area contributed by atoms with Crippen molar-refractivity contribution in [3.05, 3.63) is 89.0 Å². The van der Waals surface area contributed by atoms with E-state index >= 15 is 0 Å². The Hall–Kier alpha value is -3.42. The van der Waals surface area contributed by atoms with Crippen LogP contribution in [0.3, 0.4) is 0 Å². The third-order valence-corrected chi connectivity index (χ3v) is 5.48.